The van der Waals surface area contributed by atoms with Crippen LogP contribution in [0.15, 0.2) is 41.5 Å². The average molecular weight is 681 g/mol. The number of benzene rings is 1. The van der Waals surface area contributed by atoms with Crippen molar-refractivity contribution in [2.75, 3.05) is 0 Å². The maximum Gasteiger partial charge on any atom is 0.303 e. The fraction of sp³-hybridized carbons (Fsp3) is 0.659. The van der Waals surface area contributed by atoms with Crippen molar-refractivity contribution < 1.29 is 29.3 Å². The predicted molar refractivity (Wildman–Crippen MR) is 193 cm³/mol. The normalized spacial score (nSPS) is 43.8. The maximum atomic E-state index is 12.8. The molecule has 0 aliphatic heterocycles. The quantitative estimate of drug-likeness (QED) is 0.241. The first-order valence-electron chi connectivity index (χ1n) is 19.2. The fourth-order valence-corrected chi connectivity index (χ4v) is 13.3. The molecule has 6 nitrogen and oxygen atoms in total. The van der Waals surface area contributed by atoms with Crippen LogP contribution in [0.5, 0.6) is 5.75 Å². The number of hydrogen-bond acceptors (Lipinski definition) is 6. The molecular weight excluding hydrogens is 624 g/mol. The van der Waals surface area contributed by atoms with Gasteiger partial charge in [-0.2, -0.15) is 0 Å². The van der Waals surface area contributed by atoms with Crippen molar-refractivity contribution in [3.63, 3.8) is 0 Å². The predicted octanol–water partition coefficient (Wildman–Crippen LogP) is 8.19. The lowest BCUT2D eigenvalue weighted by molar-refractivity contribution is -0.185. The number of rotatable bonds is 2. The Morgan fingerprint density at radius 1 is 0.900 bits per heavy atom. The Kier molecular flexibility index (Phi) is 8.42. The first-order chi connectivity index (χ1) is 23.5. The van der Waals surface area contributed by atoms with E-state index in [1.807, 2.05) is 18.2 Å². The summed E-state index contributed by atoms with van der Waals surface area (Å²) in [5.74, 6) is 5.85. The number of fused-ring (bicyclic) bond motifs is 10. The van der Waals surface area contributed by atoms with E-state index in [1.54, 1.807) is 6.92 Å². The van der Waals surface area contributed by atoms with Gasteiger partial charge in [-0.15, -0.1) is 6.42 Å². The van der Waals surface area contributed by atoms with Crippen LogP contribution in [0.3, 0.4) is 0 Å². The summed E-state index contributed by atoms with van der Waals surface area (Å²) in [7, 11) is 0. The Morgan fingerprint density at radius 3 is 2.30 bits per heavy atom. The van der Waals surface area contributed by atoms with E-state index in [-0.39, 0.29) is 33.8 Å². The van der Waals surface area contributed by atoms with E-state index in [1.165, 1.54) is 29.2 Å². The van der Waals surface area contributed by atoms with E-state index in [0.717, 1.165) is 64.2 Å². The summed E-state index contributed by atoms with van der Waals surface area (Å²) in [6, 6.07) is 5.87. The topological polar surface area (TPSA) is 101 Å². The molecule has 2 N–H and O–H groups in total. The lowest BCUT2D eigenvalue weighted by atomic mass is 9.47. The number of ketones is 2. The number of aryl methyl sites for hydroxylation is 1. The number of aromatic hydroxyl groups is 1. The number of Topliss-reactive ketones (excluding diaryl/α,β-unsaturated/α-hetero) is 1. The van der Waals surface area contributed by atoms with E-state index in [4.69, 9.17) is 11.2 Å². The fourth-order valence-electron chi connectivity index (χ4n) is 13.3. The summed E-state index contributed by atoms with van der Waals surface area (Å²) in [6.45, 7) is 11.8. The van der Waals surface area contributed by atoms with E-state index < -0.39 is 11.2 Å². The molecule has 50 heavy (non-hydrogen) atoms. The van der Waals surface area contributed by atoms with Crippen LogP contribution in [-0.2, 0) is 25.5 Å². The number of ether oxygens (including phenoxy) is 1. The van der Waals surface area contributed by atoms with E-state index in [0.29, 0.717) is 54.1 Å². The first kappa shape index (κ1) is 35.2. The smallest absolute Gasteiger partial charge is 0.303 e. The van der Waals surface area contributed by atoms with E-state index in [9.17, 15) is 24.6 Å². The molecule has 6 heteroatoms. The number of hydrogen-bond donors (Lipinski definition) is 2. The van der Waals surface area contributed by atoms with Gasteiger partial charge in [-0.05, 0) is 160 Å². The monoisotopic (exact) mass is 680 g/mol. The van der Waals surface area contributed by atoms with Gasteiger partial charge in [0.15, 0.2) is 17.2 Å². The summed E-state index contributed by atoms with van der Waals surface area (Å²) >= 11 is 0. The van der Waals surface area contributed by atoms with Crippen LogP contribution in [0, 0.1) is 58.2 Å². The highest BCUT2D eigenvalue weighted by molar-refractivity contribution is 5.92. The number of allylic oxidation sites excluding steroid dienone is 4. The molecule has 11 unspecified atom stereocenters. The molecule has 4 saturated carbocycles. The Bertz CT molecular complexity index is 1730. The summed E-state index contributed by atoms with van der Waals surface area (Å²) in [4.78, 5) is 36.8. The molecule has 7 aliphatic rings. The van der Waals surface area contributed by atoms with Crippen molar-refractivity contribution in [2.24, 2.45) is 45.8 Å². The van der Waals surface area contributed by atoms with Crippen molar-refractivity contribution in [3.05, 3.63) is 52.6 Å². The highest BCUT2D eigenvalue weighted by Crippen LogP contribution is 2.68. The van der Waals surface area contributed by atoms with E-state index >= 15 is 0 Å². The van der Waals surface area contributed by atoms with Gasteiger partial charge in [0.1, 0.15) is 11.4 Å². The van der Waals surface area contributed by atoms with Crippen LogP contribution < -0.4 is 0 Å². The van der Waals surface area contributed by atoms with Gasteiger partial charge >= 0.3 is 5.97 Å². The largest absolute Gasteiger partial charge is 0.508 e. The van der Waals surface area contributed by atoms with Crippen LogP contribution in [-0.4, -0.2) is 39.0 Å². The van der Waals surface area contributed by atoms with Crippen molar-refractivity contribution in [2.45, 2.75) is 136 Å². The molecule has 11 atom stereocenters. The van der Waals surface area contributed by atoms with Crippen LogP contribution in [0.25, 0.3) is 0 Å². The molecule has 7 aliphatic carbocycles. The lowest BCUT2D eigenvalue weighted by Crippen LogP contribution is -2.58. The van der Waals surface area contributed by atoms with Gasteiger partial charge in [0, 0.05) is 24.2 Å². The molecule has 0 heterocycles. The number of esters is 1. The van der Waals surface area contributed by atoms with Crippen molar-refractivity contribution in [3.8, 4) is 18.1 Å². The first-order valence-corrected chi connectivity index (χ1v) is 19.2. The molecule has 1 aromatic carbocycles. The number of aliphatic hydroxyl groups is 1. The second-order valence-corrected chi connectivity index (χ2v) is 17.9. The summed E-state index contributed by atoms with van der Waals surface area (Å²) in [6.07, 6.45) is 21.0. The zero-order valence-corrected chi connectivity index (χ0v) is 30.9. The van der Waals surface area contributed by atoms with Gasteiger partial charge in [-0.25, -0.2) is 0 Å². The average Bonchev–Trinajstić information content (AvgIpc) is 3.52. The lowest BCUT2D eigenvalue weighted by Gasteiger charge is -2.58. The van der Waals surface area contributed by atoms with Crippen molar-refractivity contribution >= 4 is 17.5 Å². The molecule has 1 aromatic rings. The zero-order valence-electron chi connectivity index (χ0n) is 30.9. The molecular formula is C44H56O6. The molecule has 0 bridgehead atoms. The van der Waals surface area contributed by atoms with Gasteiger partial charge < -0.3 is 14.9 Å². The minimum Gasteiger partial charge on any atom is -0.508 e. The van der Waals surface area contributed by atoms with Crippen molar-refractivity contribution in [1.82, 2.24) is 0 Å². The Morgan fingerprint density at radius 2 is 1.60 bits per heavy atom. The van der Waals surface area contributed by atoms with E-state index in [2.05, 4.69) is 45.8 Å². The van der Waals surface area contributed by atoms with Crippen LogP contribution >= 0.6 is 0 Å². The standard InChI is InChI=1S/C24H32O4.C20H24O2/c1-14-12-18-19(22(4)9-6-17(27)13-21(14)22)7-10-23(5)20(18)8-11-24(23,15(2)25)28-16(3)26;1-3-20(22)11-9-18-17-6-4-13-12-14(21)5-7-15(13)16(17)8-10-19(18,20)2/h12-13,18-20H,6-11H2,1-5H3;1,5,7,12,16-18,21-22H,4,6,8-11H2,2H3. The third kappa shape index (κ3) is 4.88. The Balaban J connectivity index is 0.000000161. The minimum absolute atomic E-state index is 0.0160. The van der Waals surface area contributed by atoms with Crippen LogP contribution in [0.2, 0.25) is 0 Å². The van der Waals surface area contributed by atoms with Gasteiger partial charge in [0.05, 0.1) is 0 Å². The van der Waals surface area contributed by atoms with Gasteiger partial charge in [-0.1, -0.05) is 44.4 Å². The maximum absolute atomic E-state index is 12.8. The molecule has 0 aromatic heterocycles. The number of phenolic OH excluding ortho intramolecular Hbond substituents is 1. The summed E-state index contributed by atoms with van der Waals surface area (Å²) in [5, 5.41) is 20.6. The Labute approximate surface area is 298 Å². The molecule has 0 spiro atoms. The number of carbonyl (C=O) groups excluding carboxylic acids is 3. The van der Waals surface area contributed by atoms with Gasteiger partial charge in [-0.3, -0.25) is 14.4 Å². The molecule has 0 radical (unpaired) electrons. The number of carbonyl (C=O) groups is 3. The van der Waals surface area contributed by atoms with Crippen molar-refractivity contribution in [1.29, 1.82) is 0 Å². The number of phenols is 1. The van der Waals surface area contributed by atoms with Gasteiger partial charge in [0.25, 0.3) is 0 Å². The molecule has 8 rings (SSSR count). The molecule has 0 amide bonds. The third-order valence-electron chi connectivity index (χ3n) is 15.9. The minimum atomic E-state index is -0.990. The van der Waals surface area contributed by atoms with Gasteiger partial charge in [0.2, 0.25) is 0 Å². The summed E-state index contributed by atoms with van der Waals surface area (Å²) in [5.41, 5.74) is 2.84. The zero-order chi connectivity index (χ0) is 36.0. The highest BCUT2D eigenvalue weighted by atomic mass is 16.6. The second-order valence-electron chi connectivity index (χ2n) is 17.9. The number of terminal acetylenes is 1. The molecule has 0 saturated heterocycles. The second kappa shape index (κ2) is 11.9. The van der Waals surface area contributed by atoms with Crippen LogP contribution in [0.1, 0.15) is 129 Å². The molecule has 4 fully saturated rings. The third-order valence-corrected chi connectivity index (χ3v) is 15.9. The highest BCUT2D eigenvalue weighted by Gasteiger charge is 2.67. The Hall–Kier alpha value is -3.17. The SMILES string of the molecule is C#CC1(O)CCC2C3CCc4cc(O)ccc4C3CCC21C.CC(=O)OC1(C(C)=O)CCC2C3C=C(C)C4=CC(=O)CCC4(C)C3CCC21C. The summed E-state index contributed by atoms with van der Waals surface area (Å²) < 4.78 is 5.82. The molecule has 268 valence electrons. The van der Waals surface area contributed by atoms with Crippen LogP contribution in [0.4, 0.5) is 0 Å².